The number of carbonyl (C=O) groups is 1. The van der Waals surface area contributed by atoms with Crippen molar-refractivity contribution in [2.24, 2.45) is 0 Å². The molecule has 1 amide bonds. The fourth-order valence-electron chi connectivity index (χ4n) is 2.07. The van der Waals surface area contributed by atoms with Gasteiger partial charge in [0.1, 0.15) is 17.2 Å². The molecular weight excluding hydrogens is 274 g/mol. The van der Waals surface area contributed by atoms with E-state index in [1.54, 1.807) is 31.2 Å². The van der Waals surface area contributed by atoms with E-state index in [9.17, 15) is 13.6 Å². The van der Waals surface area contributed by atoms with Gasteiger partial charge in [-0.1, -0.05) is 24.3 Å². The second kappa shape index (κ2) is 6.35. The molecule has 110 valence electrons. The van der Waals surface area contributed by atoms with Gasteiger partial charge in [-0.05, 0) is 30.7 Å². The summed E-state index contributed by atoms with van der Waals surface area (Å²) in [5.74, 6) is -2.41. The maximum Gasteiger partial charge on any atom is 0.260 e. The second-order valence-electron chi connectivity index (χ2n) is 4.61. The van der Waals surface area contributed by atoms with E-state index in [0.29, 0.717) is 12.2 Å². The Bertz CT molecular complexity index is 638. The molecule has 0 aliphatic rings. The van der Waals surface area contributed by atoms with Gasteiger partial charge in [0.2, 0.25) is 0 Å². The zero-order valence-electron chi connectivity index (χ0n) is 11.6. The quantitative estimate of drug-likeness (QED) is 0.879. The number of para-hydroxylation sites is 1. The van der Waals surface area contributed by atoms with E-state index < -0.39 is 23.1 Å². The van der Waals surface area contributed by atoms with Gasteiger partial charge >= 0.3 is 0 Å². The molecule has 0 unspecified atom stereocenters. The van der Waals surface area contributed by atoms with Crippen molar-refractivity contribution in [2.45, 2.75) is 13.5 Å². The van der Waals surface area contributed by atoms with E-state index in [-0.39, 0.29) is 6.54 Å². The Kier molecular flexibility index (Phi) is 4.52. The summed E-state index contributed by atoms with van der Waals surface area (Å²) in [6, 6.07) is 10.5. The van der Waals surface area contributed by atoms with Crippen LogP contribution in [0.3, 0.4) is 0 Å². The van der Waals surface area contributed by atoms with Crippen LogP contribution in [0.15, 0.2) is 42.5 Å². The Morgan fingerprint density at radius 2 is 1.71 bits per heavy atom. The molecule has 2 aromatic rings. The van der Waals surface area contributed by atoms with Crippen LogP contribution in [0.4, 0.5) is 14.5 Å². The van der Waals surface area contributed by atoms with Crippen LogP contribution in [0.1, 0.15) is 22.8 Å². The first-order chi connectivity index (χ1) is 10.0. The van der Waals surface area contributed by atoms with Crippen molar-refractivity contribution in [1.82, 2.24) is 4.90 Å². The Balaban J connectivity index is 2.30. The third kappa shape index (κ3) is 3.18. The van der Waals surface area contributed by atoms with Crippen LogP contribution in [0.2, 0.25) is 0 Å². The number of nitrogens with two attached hydrogens (primary N) is 1. The summed E-state index contributed by atoms with van der Waals surface area (Å²) in [5.41, 5.74) is 6.58. The fourth-order valence-corrected chi connectivity index (χ4v) is 2.07. The van der Waals surface area contributed by atoms with Crippen LogP contribution in [-0.4, -0.2) is 17.4 Å². The molecule has 3 nitrogen and oxygen atoms in total. The number of carbonyl (C=O) groups excluding carboxylic acids is 1. The minimum atomic E-state index is -0.862. The summed E-state index contributed by atoms with van der Waals surface area (Å²) >= 11 is 0. The molecule has 5 heteroatoms. The molecule has 2 aromatic carbocycles. The van der Waals surface area contributed by atoms with E-state index in [2.05, 4.69) is 0 Å². The Morgan fingerprint density at radius 1 is 1.10 bits per heavy atom. The standard InChI is InChI=1S/C16H16F2N2O/c1-2-20(10-11-6-3-4-9-14(11)19)16(21)15-12(17)7-5-8-13(15)18/h3-9H,2,10,19H2,1H3. The lowest BCUT2D eigenvalue weighted by atomic mass is 10.1. The number of rotatable bonds is 4. The number of halogens is 2. The van der Waals surface area contributed by atoms with E-state index >= 15 is 0 Å². The zero-order chi connectivity index (χ0) is 15.4. The van der Waals surface area contributed by atoms with Gasteiger partial charge in [-0.3, -0.25) is 4.79 Å². The summed E-state index contributed by atoms with van der Waals surface area (Å²) < 4.78 is 27.4. The fraction of sp³-hybridized carbons (Fsp3) is 0.188. The number of amides is 1. The number of hydrogen-bond acceptors (Lipinski definition) is 2. The van der Waals surface area contributed by atoms with Gasteiger partial charge in [0.05, 0.1) is 0 Å². The SMILES string of the molecule is CCN(Cc1ccccc1N)C(=O)c1c(F)cccc1F. The number of nitrogens with zero attached hydrogens (tertiary/aromatic N) is 1. The van der Waals surface area contributed by atoms with Crippen LogP contribution in [0.25, 0.3) is 0 Å². The lowest BCUT2D eigenvalue weighted by molar-refractivity contribution is 0.0743. The number of hydrogen-bond donors (Lipinski definition) is 1. The van der Waals surface area contributed by atoms with Crippen molar-refractivity contribution in [1.29, 1.82) is 0 Å². The van der Waals surface area contributed by atoms with Crippen LogP contribution in [-0.2, 0) is 6.54 Å². The van der Waals surface area contributed by atoms with Crippen molar-refractivity contribution in [3.63, 3.8) is 0 Å². The first kappa shape index (κ1) is 15.0. The zero-order valence-corrected chi connectivity index (χ0v) is 11.6. The molecule has 0 heterocycles. The monoisotopic (exact) mass is 290 g/mol. The first-order valence-electron chi connectivity index (χ1n) is 6.61. The molecule has 0 atom stereocenters. The molecule has 0 aliphatic carbocycles. The Hall–Kier alpha value is -2.43. The number of benzene rings is 2. The number of anilines is 1. The molecule has 0 bridgehead atoms. The predicted molar refractivity (Wildman–Crippen MR) is 77.6 cm³/mol. The summed E-state index contributed by atoms with van der Waals surface area (Å²) in [6.45, 7) is 2.27. The first-order valence-corrected chi connectivity index (χ1v) is 6.61. The number of nitrogen functional groups attached to an aromatic ring is 1. The van der Waals surface area contributed by atoms with Crippen LogP contribution in [0, 0.1) is 11.6 Å². The highest BCUT2D eigenvalue weighted by atomic mass is 19.1. The van der Waals surface area contributed by atoms with Crippen molar-refractivity contribution in [3.05, 3.63) is 65.2 Å². The lowest BCUT2D eigenvalue weighted by Crippen LogP contribution is -2.32. The molecule has 0 spiro atoms. The lowest BCUT2D eigenvalue weighted by Gasteiger charge is -2.22. The van der Waals surface area contributed by atoms with Gasteiger partial charge < -0.3 is 10.6 Å². The van der Waals surface area contributed by atoms with E-state index in [1.165, 1.54) is 11.0 Å². The maximum absolute atomic E-state index is 13.7. The molecule has 2 N–H and O–H groups in total. The van der Waals surface area contributed by atoms with Gasteiger partial charge in [-0.15, -0.1) is 0 Å². The highest BCUT2D eigenvalue weighted by molar-refractivity contribution is 5.94. The van der Waals surface area contributed by atoms with E-state index in [1.807, 2.05) is 0 Å². The Morgan fingerprint density at radius 3 is 2.29 bits per heavy atom. The molecular formula is C16H16F2N2O. The van der Waals surface area contributed by atoms with Gasteiger partial charge in [0.25, 0.3) is 5.91 Å². The summed E-state index contributed by atoms with van der Waals surface area (Å²) in [6.07, 6.45) is 0. The highest BCUT2D eigenvalue weighted by Crippen LogP contribution is 2.18. The van der Waals surface area contributed by atoms with Crippen LogP contribution >= 0.6 is 0 Å². The molecule has 21 heavy (non-hydrogen) atoms. The Labute approximate surface area is 122 Å². The molecule has 0 fully saturated rings. The van der Waals surface area contributed by atoms with Crippen molar-refractivity contribution in [3.8, 4) is 0 Å². The molecule has 0 aliphatic heterocycles. The smallest absolute Gasteiger partial charge is 0.260 e. The van der Waals surface area contributed by atoms with E-state index in [4.69, 9.17) is 5.73 Å². The minimum Gasteiger partial charge on any atom is -0.398 e. The molecule has 0 saturated carbocycles. The van der Waals surface area contributed by atoms with Crippen molar-refractivity contribution >= 4 is 11.6 Å². The maximum atomic E-state index is 13.7. The summed E-state index contributed by atoms with van der Waals surface area (Å²) in [5, 5.41) is 0. The normalized spacial score (nSPS) is 10.4. The van der Waals surface area contributed by atoms with Gasteiger partial charge in [-0.2, -0.15) is 0 Å². The van der Waals surface area contributed by atoms with E-state index in [0.717, 1.165) is 17.7 Å². The third-order valence-corrected chi connectivity index (χ3v) is 3.26. The van der Waals surface area contributed by atoms with Crippen molar-refractivity contribution in [2.75, 3.05) is 12.3 Å². The average molecular weight is 290 g/mol. The second-order valence-corrected chi connectivity index (χ2v) is 4.61. The largest absolute Gasteiger partial charge is 0.398 e. The van der Waals surface area contributed by atoms with Crippen LogP contribution < -0.4 is 5.73 Å². The third-order valence-electron chi connectivity index (χ3n) is 3.26. The van der Waals surface area contributed by atoms with Gasteiger partial charge in [-0.25, -0.2) is 8.78 Å². The molecule has 0 saturated heterocycles. The van der Waals surface area contributed by atoms with Crippen molar-refractivity contribution < 1.29 is 13.6 Å². The summed E-state index contributed by atoms with van der Waals surface area (Å²) in [7, 11) is 0. The predicted octanol–water partition coefficient (Wildman–Crippen LogP) is 3.21. The summed E-state index contributed by atoms with van der Waals surface area (Å²) in [4.78, 5) is 13.7. The molecule has 0 aromatic heterocycles. The van der Waals surface area contributed by atoms with Crippen LogP contribution in [0.5, 0.6) is 0 Å². The van der Waals surface area contributed by atoms with Gasteiger partial charge in [0.15, 0.2) is 0 Å². The highest BCUT2D eigenvalue weighted by Gasteiger charge is 2.22. The topological polar surface area (TPSA) is 46.3 Å². The van der Waals surface area contributed by atoms with Gasteiger partial charge in [0, 0.05) is 18.8 Å². The molecule has 2 rings (SSSR count). The average Bonchev–Trinajstić information content (AvgIpc) is 2.46. The molecule has 0 radical (unpaired) electrons. The minimum absolute atomic E-state index is 0.204.